The molecular formula is C22H20O12. The number of phenols is 4. The van der Waals surface area contributed by atoms with E-state index in [9.17, 15) is 50.4 Å². The Bertz CT molecular complexity index is 1200. The summed E-state index contributed by atoms with van der Waals surface area (Å²) >= 11 is 0. The fraction of sp³-hybridized carbons (Fsp3) is 0.273. The highest BCUT2D eigenvalue weighted by molar-refractivity contribution is 6.16. The van der Waals surface area contributed by atoms with E-state index in [0.717, 1.165) is 18.2 Å². The van der Waals surface area contributed by atoms with Crippen molar-refractivity contribution in [2.24, 2.45) is 0 Å². The molecule has 0 aromatic heterocycles. The topological polar surface area (TPSA) is 214 Å². The van der Waals surface area contributed by atoms with Crippen molar-refractivity contribution in [2.45, 2.75) is 37.1 Å². The van der Waals surface area contributed by atoms with E-state index in [1.807, 2.05) is 0 Å². The first-order valence-corrected chi connectivity index (χ1v) is 9.93. The summed E-state index contributed by atoms with van der Waals surface area (Å²) in [6, 6.07) is 5.76. The molecule has 1 fully saturated rings. The van der Waals surface area contributed by atoms with Crippen LogP contribution in [-0.2, 0) is 20.7 Å². The number of rotatable bonds is 4. The fourth-order valence-corrected chi connectivity index (χ4v) is 3.93. The first kappa shape index (κ1) is 23.3. The maximum Gasteiger partial charge on any atom is 0.335 e. The Kier molecular flexibility index (Phi) is 5.83. The molecule has 12 nitrogen and oxygen atoms in total. The van der Waals surface area contributed by atoms with Gasteiger partial charge in [0.25, 0.3) is 0 Å². The van der Waals surface area contributed by atoms with Gasteiger partial charge >= 0.3 is 5.97 Å². The molecule has 1 aliphatic carbocycles. The lowest BCUT2D eigenvalue weighted by Crippen LogP contribution is -2.60. The zero-order chi connectivity index (χ0) is 24.9. The number of ether oxygens (including phenoxy) is 2. The van der Waals surface area contributed by atoms with Crippen LogP contribution in [0.1, 0.15) is 21.5 Å². The van der Waals surface area contributed by atoms with Gasteiger partial charge in [-0.15, -0.1) is 0 Å². The van der Waals surface area contributed by atoms with E-state index in [0.29, 0.717) is 0 Å². The van der Waals surface area contributed by atoms with Crippen LogP contribution in [0.3, 0.4) is 0 Å². The average molecular weight is 476 g/mol. The molecule has 0 radical (unpaired) electrons. The van der Waals surface area contributed by atoms with Gasteiger partial charge in [-0.1, -0.05) is 6.07 Å². The van der Waals surface area contributed by atoms with Crippen LogP contribution in [0.15, 0.2) is 36.1 Å². The van der Waals surface area contributed by atoms with E-state index in [4.69, 9.17) is 9.47 Å². The van der Waals surface area contributed by atoms with Gasteiger partial charge in [-0.05, 0) is 29.3 Å². The average Bonchev–Trinajstić information content (AvgIpc) is 2.76. The summed E-state index contributed by atoms with van der Waals surface area (Å²) in [5, 5.41) is 79.1. The number of Topliss-reactive ketones (excluding diaryl/α,β-unsaturated/α-hetero) is 1. The molecule has 8 N–H and O–H groups in total. The van der Waals surface area contributed by atoms with Gasteiger partial charge in [0.05, 0.1) is 5.56 Å². The highest BCUT2D eigenvalue weighted by Gasteiger charge is 2.49. The van der Waals surface area contributed by atoms with E-state index in [2.05, 4.69) is 0 Å². The number of aromatic hydroxyl groups is 4. The number of carbonyl (C=O) groups is 2. The Labute approximate surface area is 190 Å². The van der Waals surface area contributed by atoms with Gasteiger partial charge in [-0.2, -0.15) is 0 Å². The zero-order valence-electron chi connectivity index (χ0n) is 17.2. The van der Waals surface area contributed by atoms with Crippen LogP contribution in [0.4, 0.5) is 0 Å². The van der Waals surface area contributed by atoms with E-state index >= 15 is 0 Å². The van der Waals surface area contributed by atoms with Crippen molar-refractivity contribution in [1.29, 1.82) is 0 Å². The van der Waals surface area contributed by atoms with E-state index in [1.165, 1.54) is 12.1 Å². The monoisotopic (exact) mass is 476 g/mol. The number of aliphatic hydroxyl groups excluding tert-OH is 3. The summed E-state index contributed by atoms with van der Waals surface area (Å²) in [4.78, 5) is 24.7. The Hall–Kier alpha value is -3.84. The van der Waals surface area contributed by atoms with Crippen molar-refractivity contribution >= 4 is 17.3 Å². The molecule has 2 aliphatic rings. The quantitative estimate of drug-likeness (QED) is 0.264. The SMILES string of the molecule is O=C1C(O[C@@H]2O[C@H](C(=O)O)[C@@H](O)[C@H](O)[C@H]2O)=C(c2ccc(O)c(O)c2)Cc2cc(O)cc(O)c21. The van der Waals surface area contributed by atoms with Gasteiger partial charge in [0.2, 0.25) is 12.1 Å². The van der Waals surface area contributed by atoms with E-state index in [1.54, 1.807) is 0 Å². The summed E-state index contributed by atoms with van der Waals surface area (Å²) in [5.41, 5.74) is 0.204. The van der Waals surface area contributed by atoms with Crippen molar-refractivity contribution in [3.63, 3.8) is 0 Å². The summed E-state index contributed by atoms with van der Waals surface area (Å²) < 4.78 is 10.6. The normalized spacial score (nSPS) is 26.8. The maximum atomic E-state index is 13.3. The molecule has 0 amide bonds. The van der Waals surface area contributed by atoms with Gasteiger partial charge in [0.1, 0.15) is 29.8 Å². The van der Waals surface area contributed by atoms with Crippen molar-refractivity contribution < 1.29 is 59.9 Å². The number of aliphatic hydroxyl groups is 3. The molecule has 34 heavy (non-hydrogen) atoms. The number of aliphatic carboxylic acids is 1. The third-order valence-electron chi connectivity index (χ3n) is 5.63. The van der Waals surface area contributed by atoms with Crippen LogP contribution in [0, 0.1) is 0 Å². The molecule has 2 aromatic carbocycles. The molecule has 0 spiro atoms. The van der Waals surface area contributed by atoms with Gasteiger partial charge in [0, 0.05) is 18.1 Å². The lowest BCUT2D eigenvalue weighted by molar-refractivity contribution is -0.283. The van der Waals surface area contributed by atoms with Crippen LogP contribution < -0.4 is 0 Å². The predicted octanol–water partition coefficient (Wildman–Crippen LogP) is -0.432. The molecule has 0 unspecified atom stereocenters. The molecule has 1 aliphatic heterocycles. The van der Waals surface area contributed by atoms with Crippen molar-refractivity contribution in [3.8, 4) is 23.0 Å². The van der Waals surface area contributed by atoms with Crippen LogP contribution in [0.2, 0.25) is 0 Å². The maximum absolute atomic E-state index is 13.3. The molecule has 1 heterocycles. The number of hydrogen-bond donors (Lipinski definition) is 8. The Balaban J connectivity index is 1.82. The second-order valence-electron chi connectivity index (χ2n) is 7.87. The molecule has 5 atom stereocenters. The third-order valence-corrected chi connectivity index (χ3v) is 5.63. The molecule has 180 valence electrons. The smallest absolute Gasteiger partial charge is 0.335 e. The molecule has 12 heteroatoms. The van der Waals surface area contributed by atoms with Crippen molar-refractivity contribution in [2.75, 3.05) is 0 Å². The van der Waals surface area contributed by atoms with Crippen LogP contribution in [0.5, 0.6) is 23.0 Å². The Morgan fingerprint density at radius 2 is 1.62 bits per heavy atom. The molecule has 0 saturated carbocycles. The fourth-order valence-electron chi connectivity index (χ4n) is 3.93. The van der Waals surface area contributed by atoms with Crippen LogP contribution in [0.25, 0.3) is 5.57 Å². The minimum absolute atomic E-state index is 0.0705. The molecule has 0 bridgehead atoms. The first-order chi connectivity index (χ1) is 16.0. The minimum atomic E-state index is -1.99. The Morgan fingerprint density at radius 1 is 0.912 bits per heavy atom. The predicted molar refractivity (Wildman–Crippen MR) is 110 cm³/mol. The Morgan fingerprint density at radius 3 is 2.26 bits per heavy atom. The molecule has 1 saturated heterocycles. The number of carboxylic acids is 1. The molecule has 4 rings (SSSR count). The lowest BCUT2D eigenvalue weighted by Gasteiger charge is -2.39. The summed E-state index contributed by atoms with van der Waals surface area (Å²) in [7, 11) is 0. The minimum Gasteiger partial charge on any atom is -0.508 e. The van der Waals surface area contributed by atoms with Crippen LogP contribution >= 0.6 is 0 Å². The third kappa shape index (κ3) is 3.88. The van der Waals surface area contributed by atoms with E-state index < -0.39 is 65.5 Å². The number of carbonyl (C=O) groups excluding carboxylic acids is 1. The molecule has 2 aromatic rings. The number of allylic oxidation sites excluding steroid dienone is 2. The summed E-state index contributed by atoms with van der Waals surface area (Å²) in [5.74, 6) is -4.97. The van der Waals surface area contributed by atoms with E-state index in [-0.39, 0.29) is 34.4 Å². The number of ketones is 1. The molecular weight excluding hydrogens is 456 g/mol. The lowest BCUT2D eigenvalue weighted by atomic mass is 9.85. The number of carboxylic acid groups (broad SMARTS) is 1. The van der Waals surface area contributed by atoms with Gasteiger partial charge < -0.3 is 50.3 Å². The number of benzene rings is 2. The second-order valence-corrected chi connectivity index (χ2v) is 7.87. The van der Waals surface area contributed by atoms with Gasteiger partial charge in [-0.25, -0.2) is 4.79 Å². The van der Waals surface area contributed by atoms with Gasteiger partial charge in [0.15, 0.2) is 23.4 Å². The standard InChI is InChI=1S/C22H20O12/c23-9-3-8-4-10(7-1-2-11(24)12(25)5-7)19(15(27)14(8)13(26)6-9)33-22-18(30)16(28)17(29)20(34-22)21(31)32/h1-3,5-6,16-18,20,22-26,28-30H,4H2,(H,31,32)/t16-,17-,18+,20-,22+/m0/s1. The van der Waals surface area contributed by atoms with Crippen molar-refractivity contribution in [3.05, 3.63) is 52.8 Å². The highest BCUT2D eigenvalue weighted by Crippen LogP contribution is 2.41. The number of phenolic OH excluding ortho intramolecular Hbond substituents is 4. The van der Waals surface area contributed by atoms with Crippen molar-refractivity contribution in [1.82, 2.24) is 0 Å². The van der Waals surface area contributed by atoms with Crippen LogP contribution in [-0.4, -0.2) is 83.3 Å². The first-order valence-electron chi connectivity index (χ1n) is 9.93. The van der Waals surface area contributed by atoms with Gasteiger partial charge in [-0.3, -0.25) is 4.79 Å². The second kappa shape index (κ2) is 8.50. The highest BCUT2D eigenvalue weighted by atomic mass is 16.7. The summed E-state index contributed by atoms with van der Waals surface area (Å²) in [6.07, 6.45) is -9.97. The number of fused-ring (bicyclic) bond motifs is 1. The summed E-state index contributed by atoms with van der Waals surface area (Å²) in [6.45, 7) is 0. The number of hydrogen-bond acceptors (Lipinski definition) is 11. The largest absolute Gasteiger partial charge is 0.508 e. The zero-order valence-corrected chi connectivity index (χ0v) is 17.2.